The van der Waals surface area contributed by atoms with E-state index >= 15 is 0 Å². The van der Waals surface area contributed by atoms with Crippen LogP contribution in [0.1, 0.15) is 29.2 Å². The molecular weight excluding hydrogens is 246 g/mol. The number of fused-ring (bicyclic) bond motifs is 1. The number of para-hydroxylation sites is 1. The topological polar surface area (TPSA) is 81.1 Å². The number of carboxylic acids is 1. The smallest absolute Gasteiger partial charge is 0.339 e. The van der Waals surface area contributed by atoms with Gasteiger partial charge in [-0.3, -0.25) is 4.68 Å². The molecule has 0 amide bonds. The molecule has 19 heavy (non-hydrogen) atoms. The first-order valence-electron chi connectivity index (χ1n) is 5.78. The molecule has 0 bridgehead atoms. The Balaban J connectivity index is 2.12. The third-order valence-corrected chi connectivity index (χ3v) is 2.94. The summed E-state index contributed by atoms with van der Waals surface area (Å²) in [6.45, 7) is 1.89. The van der Waals surface area contributed by atoms with Gasteiger partial charge in [0.25, 0.3) is 0 Å². The monoisotopic (exact) mass is 257 g/mol. The lowest BCUT2D eigenvalue weighted by Crippen LogP contribution is -2.07. The molecule has 96 valence electrons. The standard InChI is InChI=1S/C13H11N3O3/c1-8(16-7-3-6-14-16)12-15-10-5-2-4-9(13(17)18)11(10)19-12/h2-8H,1H3,(H,17,18). The Morgan fingerprint density at radius 2 is 2.26 bits per heavy atom. The second-order valence-corrected chi connectivity index (χ2v) is 4.17. The van der Waals surface area contributed by atoms with Crippen molar-refractivity contribution in [2.75, 3.05) is 0 Å². The van der Waals surface area contributed by atoms with E-state index in [2.05, 4.69) is 10.1 Å². The van der Waals surface area contributed by atoms with E-state index in [-0.39, 0.29) is 11.6 Å². The predicted molar refractivity (Wildman–Crippen MR) is 67.0 cm³/mol. The van der Waals surface area contributed by atoms with Crippen molar-refractivity contribution in [1.82, 2.24) is 14.8 Å². The van der Waals surface area contributed by atoms with E-state index in [4.69, 9.17) is 9.52 Å². The minimum absolute atomic E-state index is 0.115. The van der Waals surface area contributed by atoms with Crippen molar-refractivity contribution in [3.8, 4) is 0 Å². The van der Waals surface area contributed by atoms with Crippen LogP contribution in [-0.2, 0) is 0 Å². The summed E-state index contributed by atoms with van der Waals surface area (Å²) in [5.41, 5.74) is 0.946. The van der Waals surface area contributed by atoms with Crippen LogP contribution in [0.3, 0.4) is 0 Å². The summed E-state index contributed by atoms with van der Waals surface area (Å²) >= 11 is 0. The normalized spacial score (nSPS) is 12.7. The summed E-state index contributed by atoms with van der Waals surface area (Å²) in [6, 6.07) is 6.49. The molecule has 1 atom stereocenters. The number of hydrogen-bond donors (Lipinski definition) is 1. The van der Waals surface area contributed by atoms with Gasteiger partial charge in [-0.15, -0.1) is 0 Å². The second-order valence-electron chi connectivity index (χ2n) is 4.17. The number of aromatic nitrogens is 3. The summed E-state index contributed by atoms with van der Waals surface area (Å²) in [5.74, 6) is -0.590. The zero-order valence-corrected chi connectivity index (χ0v) is 10.1. The molecule has 0 aliphatic rings. The number of hydrogen-bond acceptors (Lipinski definition) is 4. The fourth-order valence-corrected chi connectivity index (χ4v) is 1.94. The van der Waals surface area contributed by atoms with Crippen LogP contribution in [0.15, 0.2) is 41.1 Å². The zero-order chi connectivity index (χ0) is 13.4. The number of nitrogens with zero attached hydrogens (tertiary/aromatic N) is 3. The molecule has 1 N–H and O–H groups in total. The molecule has 3 rings (SSSR count). The van der Waals surface area contributed by atoms with Crippen molar-refractivity contribution >= 4 is 17.1 Å². The molecule has 6 heteroatoms. The molecule has 0 aliphatic carbocycles. The summed E-state index contributed by atoms with van der Waals surface area (Å²) in [4.78, 5) is 15.4. The first kappa shape index (κ1) is 11.5. The van der Waals surface area contributed by atoms with Gasteiger partial charge in [0.05, 0.1) is 0 Å². The van der Waals surface area contributed by atoms with E-state index in [0.717, 1.165) is 0 Å². The van der Waals surface area contributed by atoms with Crippen molar-refractivity contribution < 1.29 is 14.3 Å². The van der Waals surface area contributed by atoms with Gasteiger partial charge >= 0.3 is 5.97 Å². The van der Waals surface area contributed by atoms with Gasteiger partial charge in [-0.25, -0.2) is 9.78 Å². The highest BCUT2D eigenvalue weighted by molar-refractivity contribution is 5.99. The summed E-state index contributed by atoms with van der Waals surface area (Å²) in [6.07, 6.45) is 3.47. The first-order chi connectivity index (χ1) is 9.16. The van der Waals surface area contributed by atoms with E-state index in [1.807, 2.05) is 13.0 Å². The van der Waals surface area contributed by atoms with Crippen LogP contribution in [0.5, 0.6) is 0 Å². The molecule has 3 aromatic rings. The Bertz CT molecular complexity index is 731. The molecular formula is C13H11N3O3. The van der Waals surface area contributed by atoms with E-state index in [1.54, 1.807) is 29.2 Å². The van der Waals surface area contributed by atoms with E-state index in [0.29, 0.717) is 17.0 Å². The van der Waals surface area contributed by atoms with E-state index < -0.39 is 5.97 Å². The summed E-state index contributed by atoms with van der Waals surface area (Å²) in [7, 11) is 0. The highest BCUT2D eigenvalue weighted by Crippen LogP contribution is 2.24. The van der Waals surface area contributed by atoms with E-state index in [1.165, 1.54) is 6.07 Å². The summed E-state index contributed by atoms with van der Waals surface area (Å²) in [5, 5.41) is 13.2. The van der Waals surface area contributed by atoms with Crippen molar-refractivity contribution in [3.63, 3.8) is 0 Å². The lowest BCUT2D eigenvalue weighted by Gasteiger charge is -2.06. The first-order valence-corrected chi connectivity index (χ1v) is 5.78. The van der Waals surface area contributed by atoms with Gasteiger partial charge in [-0.1, -0.05) is 6.07 Å². The van der Waals surface area contributed by atoms with Gasteiger partial charge in [-0.2, -0.15) is 5.10 Å². The second kappa shape index (κ2) is 4.24. The Hall–Kier alpha value is -2.63. The van der Waals surface area contributed by atoms with Crippen LogP contribution < -0.4 is 0 Å². The average molecular weight is 257 g/mol. The minimum atomic E-state index is -1.03. The van der Waals surface area contributed by atoms with Crippen LogP contribution in [0.2, 0.25) is 0 Å². The number of carboxylic acid groups (broad SMARTS) is 1. The molecule has 1 unspecified atom stereocenters. The third kappa shape index (κ3) is 1.87. The molecule has 0 radical (unpaired) electrons. The van der Waals surface area contributed by atoms with Crippen molar-refractivity contribution in [2.24, 2.45) is 0 Å². The van der Waals surface area contributed by atoms with Crippen LogP contribution >= 0.6 is 0 Å². The molecule has 0 aliphatic heterocycles. The van der Waals surface area contributed by atoms with Gasteiger partial charge in [0, 0.05) is 12.4 Å². The molecule has 0 spiro atoms. The van der Waals surface area contributed by atoms with Crippen molar-refractivity contribution in [1.29, 1.82) is 0 Å². The number of benzene rings is 1. The maximum Gasteiger partial charge on any atom is 0.339 e. The van der Waals surface area contributed by atoms with Crippen LogP contribution in [0.25, 0.3) is 11.1 Å². The van der Waals surface area contributed by atoms with Crippen LogP contribution in [-0.4, -0.2) is 25.8 Å². The molecule has 2 heterocycles. The lowest BCUT2D eigenvalue weighted by atomic mass is 10.2. The fraction of sp³-hybridized carbons (Fsp3) is 0.154. The van der Waals surface area contributed by atoms with Crippen molar-refractivity contribution in [2.45, 2.75) is 13.0 Å². The number of rotatable bonds is 3. The summed E-state index contributed by atoms with van der Waals surface area (Å²) < 4.78 is 7.29. The SMILES string of the molecule is CC(c1nc2cccc(C(=O)O)c2o1)n1cccn1. The van der Waals surface area contributed by atoms with Gasteiger partial charge in [0.2, 0.25) is 5.89 Å². The maximum absolute atomic E-state index is 11.1. The van der Waals surface area contributed by atoms with Crippen molar-refractivity contribution in [3.05, 3.63) is 48.1 Å². The fourth-order valence-electron chi connectivity index (χ4n) is 1.94. The highest BCUT2D eigenvalue weighted by Gasteiger charge is 2.19. The minimum Gasteiger partial charge on any atom is -0.478 e. The number of oxazole rings is 1. The van der Waals surface area contributed by atoms with Gasteiger partial charge in [0.15, 0.2) is 5.58 Å². The van der Waals surface area contributed by atoms with Gasteiger partial charge in [0.1, 0.15) is 17.1 Å². The number of carbonyl (C=O) groups is 1. The van der Waals surface area contributed by atoms with Gasteiger partial charge in [-0.05, 0) is 25.1 Å². The Kier molecular flexibility index (Phi) is 2.56. The molecule has 0 saturated heterocycles. The van der Waals surface area contributed by atoms with Crippen LogP contribution in [0, 0.1) is 0 Å². The molecule has 6 nitrogen and oxygen atoms in total. The Morgan fingerprint density at radius 1 is 1.42 bits per heavy atom. The third-order valence-electron chi connectivity index (χ3n) is 2.94. The molecule has 0 fully saturated rings. The molecule has 0 saturated carbocycles. The quantitative estimate of drug-likeness (QED) is 0.778. The Labute approximate surface area is 108 Å². The molecule has 1 aromatic carbocycles. The molecule has 2 aromatic heterocycles. The largest absolute Gasteiger partial charge is 0.478 e. The Morgan fingerprint density at radius 3 is 2.95 bits per heavy atom. The van der Waals surface area contributed by atoms with Crippen LogP contribution in [0.4, 0.5) is 0 Å². The predicted octanol–water partition coefficient (Wildman–Crippen LogP) is 2.33. The average Bonchev–Trinajstić information content (AvgIpc) is 3.06. The van der Waals surface area contributed by atoms with Gasteiger partial charge < -0.3 is 9.52 Å². The zero-order valence-electron chi connectivity index (χ0n) is 10.1. The highest BCUT2D eigenvalue weighted by atomic mass is 16.4. The lowest BCUT2D eigenvalue weighted by molar-refractivity contribution is 0.0698. The number of aromatic carboxylic acids is 1. The van der Waals surface area contributed by atoms with E-state index in [9.17, 15) is 4.79 Å². The maximum atomic E-state index is 11.1.